The summed E-state index contributed by atoms with van der Waals surface area (Å²) in [5, 5.41) is 9.50. The third kappa shape index (κ3) is 1.59. The third-order valence-electron chi connectivity index (χ3n) is 2.06. The monoisotopic (exact) mass is 166 g/mol. The number of phenolic OH excluding ortho intramolecular Hbond substituents is 1. The fourth-order valence-corrected chi connectivity index (χ4v) is 1.09. The van der Waals surface area contributed by atoms with E-state index in [1.54, 1.807) is 19.2 Å². The lowest BCUT2D eigenvalue weighted by Crippen LogP contribution is -2.19. The van der Waals surface area contributed by atoms with Crippen LogP contribution in [0.2, 0.25) is 0 Å². The van der Waals surface area contributed by atoms with Crippen molar-refractivity contribution in [1.29, 1.82) is 0 Å². The van der Waals surface area contributed by atoms with Gasteiger partial charge in [-0.15, -0.1) is 0 Å². The summed E-state index contributed by atoms with van der Waals surface area (Å²) in [6.07, 6.45) is 0. The van der Waals surface area contributed by atoms with Crippen molar-refractivity contribution < 1.29 is 9.84 Å². The van der Waals surface area contributed by atoms with Crippen LogP contribution in [0.4, 0.5) is 0 Å². The molecule has 12 heavy (non-hydrogen) atoms. The molecule has 0 aromatic heterocycles. The number of phenols is 1. The normalized spacial score (nSPS) is 11.6. The van der Waals surface area contributed by atoms with Crippen LogP contribution >= 0.6 is 0 Å². The van der Waals surface area contributed by atoms with E-state index in [2.05, 4.69) is 0 Å². The van der Waals surface area contributed by atoms with E-state index in [9.17, 15) is 5.11 Å². The Morgan fingerprint density at radius 1 is 1.25 bits per heavy atom. The van der Waals surface area contributed by atoms with Crippen molar-refractivity contribution in [2.75, 3.05) is 7.11 Å². The largest absolute Gasteiger partial charge is 0.508 e. The number of ether oxygens (including phenoxy) is 1. The average Bonchev–Trinajstić information content (AvgIpc) is 2.05. The van der Waals surface area contributed by atoms with Gasteiger partial charge in [0, 0.05) is 12.7 Å². The zero-order valence-electron chi connectivity index (χ0n) is 7.66. The van der Waals surface area contributed by atoms with Crippen molar-refractivity contribution in [3.63, 3.8) is 0 Å². The van der Waals surface area contributed by atoms with Crippen LogP contribution in [-0.2, 0) is 10.3 Å². The molecule has 0 bridgehead atoms. The molecule has 2 heteroatoms. The van der Waals surface area contributed by atoms with Gasteiger partial charge in [0.25, 0.3) is 0 Å². The van der Waals surface area contributed by atoms with Gasteiger partial charge in [-0.05, 0) is 19.9 Å². The molecule has 0 fully saturated rings. The van der Waals surface area contributed by atoms with Crippen molar-refractivity contribution in [3.05, 3.63) is 29.8 Å². The number of hydrogen-bond donors (Lipinski definition) is 1. The molecule has 0 atom stereocenters. The summed E-state index contributed by atoms with van der Waals surface area (Å²) in [4.78, 5) is 0. The fourth-order valence-electron chi connectivity index (χ4n) is 1.09. The minimum atomic E-state index is -0.425. The van der Waals surface area contributed by atoms with Gasteiger partial charge < -0.3 is 9.84 Å². The van der Waals surface area contributed by atoms with E-state index in [1.807, 2.05) is 26.0 Å². The Morgan fingerprint density at radius 2 is 1.83 bits per heavy atom. The number of rotatable bonds is 2. The van der Waals surface area contributed by atoms with Crippen LogP contribution in [0, 0.1) is 0 Å². The summed E-state index contributed by atoms with van der Waals surface area (Å²) in [7, 11) is 1.63. The van der Waals surface area contributed by atoms with Crippen LogP contribution in [0.3, 0.4) is 0 Å². The Morgan fingerprint density at radius 3 is 2.33 bits per heavy atom. The highest BCUT2D eigenvalue weighted by Crippen LogP contribution is 2.30. The van der Waals surface area contributed by atoms with E-state index >= 15 is 0 Å². The minimum absolute atomic E-state index is 0.282. The molecule has 0 unspecified atom stereocenters. The summed E-state index contributed by atoms with van der Waals surface area (Å²) in [6, 6.07) is 7.20. The summed E-state index contributed by atoms with van der Waals surface area (Å²) >= 11 is 0. The Bertz CT molecular complexity index is 266. The Kier molecular flexibility index (Phi) is 2.38. The smallest absolute Gasteiger partial charge is 0.121 e. The molecule has 1 aromatic carbocycles. The SMILES string of the molecule is COC(C)(C)c1ccccc1O. The topological polar surface area (TPSA) is 29.5 Å². The van der Waals surface area contributed by atoms with Crippen LogP contribution in [-0.4, -0.2) is 12.2 Å². The second-order valence-corrected chi connectivity index (χ2v) is 3.23. The quantitative estimate of drug-likeness (QED) is 0.730. The molecule has 0 aliphatic carbocycles. The van der Waals surface area contributed by atoms with Crippen LogP contribution in [0.15, 0.2) is 24.3 Å². The van der Waals surface area contributed by atoms with E-state index < -0.39 is 5.60 Å². The van der Waals surface area contributed by atoms with Crippen molar-refractivity contribution in [2.24, 2.45) is 0 Å². The van der Waals surface area contributed by atoms with Gasteiger partial charge in [0.15, 0.2) is 0 Å². The second-order valence-electron chi connectivity index (χ2n) is 3.23. The lowest BCUT2D eigenvalue weighted by molar-refractivity contribution is 0.0173. The average molecular weight is 166 g/mol. The van der Waals surface area contributed by atoms with Crippen molar-refractivity contribution in [1.82, 2.24) is 0 Å². The van der Waals surface area contributed by atoms with E-state index in [0.29, 0.717) is 0 Å². The van der Waals surface area contributed by atoms with Crippen molar-refractivity contribution in [2.45, 2.75) is 19.4 Å². The molecule has 66 valence electrons. The maximum absolute atomic E-state index is 9.50. The molecule has 2 nitrogen and oxygen atoms in total. The lowest BCUT2D eigenvalue weighted by Gasteiger charge is -2.24. The van der Waals surface area contributed by atoms with Gasteiger partial charge in [-0.2, -0.15) is 0 Å². The predicted octanol–water partition coefficient (Wildman–Crippen LogP) is 2.27. The standard InChI is InChI=1S/C10H14O2/c1-10(2,12-3)8-6-4-5-7-9(8)11/h4-7,11H,1-3H3. The number of hydrogen-bond acceptors (Lipinski definition) is 2. The molecule has 0 aliphatic rings. The van der Waals surface area contributed by atoms with Crippen molar-refractivity contribution >= 4 is 0 Å². The maximum Gasteiger partial charge on any atom is 0.121 e. The van der Waals surface area contributed by atoms with E-state index in [0.717, 1.165) is 5.56 Å². The van der Waals surface area contributed by atoms with Gasteiger partial charge in [0.1, 0.15) is 5.75 Å². The number of benzene rings is 1. The van der Waals surface area contributed by atoms with Crippen molar-refractivity contribution in [3.8, 4) is 5.75 Å². The molecule has 0 radical (unpaired) electrons. The lowest BCUT2D eigenvalue weighted by atomic mass is 9.97. The molecule has 1 aromatic rings. The molecular weight excluding hydrogens is 152 g/mol. The molecule has 1 rings (SSSR count). The summed E-state index contributed by atoms with van der Waals surface area (Å²) < 4.78 is 5.24. The van der Waals surface area contributed by atoms with Gasteiger partial charge in [0.05, 0.1) is 5.60 Å². The first-order chi connectivity index (χ1) is 5.58. The van der Waals surface area contributed by atoms with E-state index in [4.69, 9.17) is 4.74 Å². The van der Waals surface area contributed by atoms with Crippen LogP contribution in [0.1, 0.15) is 19.4 Å². The highest BCUT2D eigenvalue weighted by atomic mass is 16.5. The van der Waals surface area contributed by atoms with Crippen LogP contribution in [0.5, 0.6) is 5.75 Å². The van der Waals surface area contributed by atoms with E-state index in [-0.39, 0.29) is 5.75 Å². The molecule has 0 heterocycles. The zero-order chi connectivity index (χ0) is 9.19. The predicted molar refractivity (Wildman–Crippen MR) is 48.1 cm³/mol. The van der Waals surface area contributed by atoms with Crippen LogP contribution in [0.25, 0.3) is 0 Å². The fraction of sp³-hybridized carbons (Fsp3) is 0.400. The maximum atomic E-state index is 9.50. The first kappa shape index (κ1) is 9.07. The highest BCUT2D eigenvalue weighted by Gasteiger charge is 2.22. The second kappa shape index (κ2) is 3.15. The minimum Gasteiger partial charge on any atom is -0.508 e. The highest BCUT2D eigenvalue weighted by molar-refractivity contribution is 5.35. The number of aromatic hydroxyl groups is 1. The molecule has 0 amide bonds. The first-order valence-electron chi connectivity index (χ1n) is 3.91. The number of methoxy groups -OCH3 is 1. The Balaban J connectivity index is 3.10. The number of para-hydroxylation sites is 1. The summed E-state index contributed by atoms with van der Waals surface area (Å²) in [6.45, 7) is 3.84. The van der Waals surface area contributed by atoms with Gasteiger partial charge in [-0.1, -0.05) is 18.2 Å². The molecule has 0 saturated carbocycles. The van der Waals surface area contributed by atoms with Gasteiger partial charge in [0.2, 0.25) is 0 Å². The molecule has 0 saturated heterocycles. The summed E-state index contributed by atoms with van der Waals surface area (Å²) in [5.41, 5.74) is 0.387. The third-order valence-corrected chi connectivity index (χ3v) is 2.06. The zero-order valence-corrected chi connectivity index (χ0v) is 7.66. The van der Waals surface area contributed by atoms with Gasteiger partial charge >= 0.3 is 0 Å². The summed E-state index contributed by atoms with van der Waals surface area (Å²) in [5.74, 6) is 0.282. The van der Waals surface area contributed by atoms with Gasteiger partial charge in [-0.25, -0.2) is 0 Å². The first-order valence-corrected chi connectivity index (χ1v) is 3.91. The van der Waals surface area contributed by atoms with Gasteiger partial charge in [-0.3, -0.25) is 0 Å². The van der Waals surface area contributed by atoms with E-state index in [1.165, 1.54) is 0 Å². The Hall–Kier alpha value is -1.02. The molecule has 0 spiro atoms. The molecule has 0 aliphatic heterocycles. The Labute approximate surface area is 72.8 Å². The van der Waals surface area contributed by atoms with Crippen LogP contribution < -0.4 is 0 Å². The molecular formula is C10H14O2. The molecule has 1 N–H and O–H groups in total.